The quantitative estimate of drug-likeness (QED) is 0.784. The van der Waals surface area contributed by atoms with E-state index in [0.29, 0.717) is 0 Å². The van der Waals surface area contributed by atoms with Crippen molar-refractivity contribution < 1.29 is 0 Å². The molecule has 0 saturated carbocycles. The number of nitrogens with zero attached hydrogens (tertiary/aromatic N) is 1. The predicted molar refractivity (Wildman–Crippen MR) is 88.3 cm³/mol. The fourth-order valence-electron chi connectivity index (χ4n) is 2.81. The van der Waals surface area contributed by atoms with Gasteiger partial charge in [-0.05, 0) is 42.5 Å². The molecule has 0 bridgehead atoms. The Morgan fingerprint density at radius 2 is 1.90 bits per heavy atom. The predicted octanol–water partition coefficient (Wildman–Crippen LogP) is 4.09. The third-order valence-electron chi connectivity index (χ3n) is 4.11. The van der Waals surface area contributed by atoms with Crippen LogP contribution in [-0.2, 0) is 12.5 Å². The Morgan fingerprint density at radius 3 is 2.60 bits per heavy atom. The number of aryl methyl sites for hydroxylation is 1. The van der Waals surface area contributed by atoms with Crippen molar-refractivity contribution in [3.8, 4) is 0 Å². The Kier molecular flexibility index (Phi) is 4.54. The van der Waals surface area contributed by atoms with E-state index in [1.165, 1.54) is 16.5 Å². The van der Waals surface area contributed by atoms with E-state index in [-0.39, 0.29) is 5.41 Å². The van der Waals surface area contributed by atoms with Crippen LogP contribution in [0, 0.1) is 5.92 Å². The zero-order valence-electron chi connectivity index (χ0n) is 13.5. The molecule has 0 fully saturated rings. The third kappa shape index (κ3) is 3.24. The van der Waals surface area contributed by atoms with Gasteiger partial charge in [-0.25, -0.2) is 0 Å². The summed E-state index contributed by atoms with van der Waals surface area (Å²) in [6.07, 6.45) is 3.46. The summed E-state index contributed by atoms with van der Waals surface area (Å²) < 4.78 is 2.24. The minimum Gasteiger partial charge on any atom is -0.350 e. The molecule has 1 aromatic carbocycles. The second kappa shape index (κ2) is 6.01. The average Bonchev–Trinajstić information content (AvgIpc) is 2.74. The summed E-state index contributed by atoms with van der Waals surface area (Å²) in [5, 5.41) is 4.95. The largest absolute Gasteiger partial charge is 0.350 e. The van der Waals surface area contributed by atoms with Crippen molar-refractivity contribution in [2.75, 3.05) is 13.1 Å². The molecule has 2 rings (SSSR count). The molecule has 0 spiro atoms. The van der Waals surface area contributed by atoms with Crippen LogP contribution in [0.5, 0.6) is 0 Å². The molecule has 0 aliphatic carbocycles. The van der Waals surface area contributed by atoms with Gasteiger partial charge in [0.1, 0.15) is 0 Å². The fourth-order valence-corrected chi connectivity index (χ4v) is 2.81. The van der Waals surface area contributed by atoms with Gasteiger partial charge in [0.05, 0.1) is 0 Å². The van der Waals surface area contributed by atoms with Gasteiger partial charge in [-0.1, -0.05) is 45.9 Å². The smallest absolute Gasteiger partial charge is 0.0480 e. The van der Waals surface area contributed by atoms with Crippen LogP contribution in [-0.4, -0.2) is 17.7 Å². The summed E-state index contributed by atoms with van der Waals surface area (Å²) in [5.74, 6) is 0.718. The van der Waals surface area contributed by atoms with Crippen molar-refractivity contribution in [2.45, 2.75) is 39.5 Å². The van der Waals surface area contributed by atoms with Gasteiger partial charge in [0.15, 0.2) is 0 Å². The Morgan fingerprint density at radius 1 is 1.20 bits per heavy atom. The van der Waals surface area contributed by atoms with E-state index in [1.54, 1.807) is 0 Å². The molecule has 110 valence electrons. The number of hydrogen-bond donors (Lipinski definition) is 1. The van der Waals surface area contributed by atoms with Crippen LogP contribution in [0.1, 0.15) is 39.7 Å². The zero-order chi connectivity index (χ0) is 14.8. The summed E-state index contributed by atoms with van der Waals surface area (Å²) in [6, 6.07) is 8.70. The Balaban J connectivity index is 2.15. The van der Waals surface area contributed by atoms with E-state index in [9.17, 15) is 0 Å². The molecule has 1 heterocycles. The normalized spacial score (nSPS) is 12.5. The van der Waals surface area contributed by atoms with E-state index in [4.69, 9.17) is 0 Å². The van der Waals surface area contributed by atoms with Crippen LogP contribution in [0.4, 0.5) is 0 Å². The van der Waals surface area contributed by atoms with Crippen molar-refractivity contribution in [2.24, 2.45) is 13.0 Å². The molecular weight excluding hydrogens is 244 g/mol. The number of para-hydroxylation sites is 1. The van der Waals surface area contributed by atoms with Crippen LogP contribution in [0.3, 0.4) is 0 Å². The second-order valence-electron chi connectivity index (χ2n) is 6.90. The van der Waals surface area contributed by atoms with Crippen LogP contribution in [0.2, 0.25) is 0 Å². The van der Waals surface area contributed by atoms with E-state index < -0.39 is 0 Å². The van der Waals surface area contributed by atoms with Gasteiger partial charge in [-0.15, -0.1) is 0 Å². The lowest BCUT2D eigenvalue weighted by atomic mass is 9.81. The van der Waals surface area contributed by atoms with Crippen molar-refractivity contribution in [3.63, 3.8) is 0 Å². The molecule has 0 atom stereocenters. The summed E-state index contributed by atoms with van der Waals surface area (Å²) in [5.41, 5.74) is 2.98. The molecule has 2 nitrogen and oxygen atoms in total. The first-order valence-electron chi connectivity index (χ1n) is 7.67. The minimum absolute atomic E-state index is 0.199. The molecular formula is C18H28N2. The maximum Gasteiger partial charge on any atom is 0.0480 e. The molecule has 0 unspecified atom stereocenters. The molecule has 0 amide bonds. The van der Waals surface area contributed by atoms with E-state index >= 15 is 0 Å². The summed E-state index contributed by atoms with van der Waals surface area (Å²) >= 11 is 0. The highest BCUT2D eigenvalue weighted by Gasteiger charge is 2.24. The van der Waals surface area contributed by atoms with Crippen LogP contribution in [0.15, 0.2) is 30.5 Å². The van der Waals surface area contributed by atoms with Crippen molar-refractivity contribution in [1.29, 1.82) is 0 Å². The first kappa shape index (κ1) is 15.1. The number of rotatable bonds is 6. The van der Waals surface area contributed by atoms with Gasteiger partial charge in [0.2, 0.25) is 0 Å². The zero-order valence-corrected chi connectivity index (χ0v) is 13.5. The average molecular weight is 272 g/mol. The summed E-state index contributed by atoms with van der Waals surface area (Å²) in [6.45, 7) is 11.4. The maximum atomic E-state index is 3.56. The third-order valence-corrected chi connectivity index (χ3v) is 4.11. The van der Waals surface area contributed by atoms with Gasteiger partial charge >= 0.3 is 0 Å². The lowest BCUT2D eigenvalue weighted by Gasteiger charge is -2.25. The molecule has 20 heavy (non-hydrogen) atoms. The molecule has 0 aliphatic heterocycles. The van der Waals surface area contributed by atoms with E-state index in [1.807, 2.05) is 0 Å². The highest BCUT2D eigenvalue weighted by atomic mass is 14.9. The van der Waals surface area contributed by atoms with E-state index in [0.717, 1.165) is 25.4 Å². The first-order chi connectivity index (χ1) is 9.42. The Labute approximate surface area is 123 Å². The minimum atomic E-state index is 0.199. The van der Waals surface area contributed by atoms with Gasteiger partial charge in [0.25, 0.3) is 0 Å². The van der Waals surface area contributed by atoms with Crippen molar-refractivity contribution >= 4 is 10.9 Å². The molecule has 0 saturated heterocycles. The van der Waals surface area contributed by atoms with Crippen LogP contribution >= 0.6 is 0 Å². The lowest BCUT2D eigenvalue weighted by molar-refractivity contribution is 0.444. The van der Waals surface area contributed by atoms with Crippen molar-refractivity contribution in [3.05, 3.63) is 36.0 Å². The summed E-state index contributed by atoms with van der Waals surface area (Å²) in [7, 11) is 2.14. The molecule has 1 aromatic heterocycles. The summed E-state index contributed by atoms with van der Waals surface area (Å²) in [4.78, 5) is 0. The Bertz CT molecular complexity index is 564. The lowest BCUT2D eigenvalue weighted by Crippen LogP contribution is -2.27. The van der Waals surface area contributed by atoms with Crippen LogP contribution in [0.25, 0.3) is 10.9 Å². The second-order valence-corrected chi connectivity index (χ2v) is 6.90. The first-order valence-corrected chi connectivity index (χ1v) is 7.67. The van der Waals surface area contributed by atoms with Crippen molar-refractivity contribution in [1.82, 2.24) is 9.88 Å². The van der Waals surface area contributed by atoms with Gasteiger partial charge < -0.3 is 9.88 Å². The Hall–Kier alpha value is -1.28. The number of benzene rings is 1. The molecule has 0 aliphatic rings. The topological polar surface area (TPSA) is 17.0 Å². The van der Waals surface area contributed by atoms with Crippen LogP contribution < -0.4 is 5.32 Å². The SMILES string of the molecule is CC(C)CNCCC(C)(C)c1cn(C)c2ccccc12. The highest BCUT2D eigenvalue weighted by Crippen LogP contribution is 2.33. The number of fused-ring (bicyclic) bond motifs is 1. The molecule has 2 aromatic rings. The van der Waals surface area contributed by atoms with Gasteiger partial charge in [-0.3, -0.25) is 0 Å². The maximum absolute atomic E-state index is 3.56. The monoisotopic (exact) mass is 272 g/mol. The van der Waals surface area contributed by atoms with Gasteiger partial charge in [-0.2, -0.15) is 0 Å². The number of hydrogen-bond acceptors (Lipinski definition) is 1. The molecule has 1 N–H and O–H groups in total. The number of nitrogens with one attached hydrogen (secondary N) is 1. The highest BCUT2D eigenvalue weighted by molar-refractivity contribution is 5.84. The standard InChI is InChI=1S/C18H28N2/c1-14(2)12-19-11-10-18(3,4)16-13-20(5)17-9-7-6-8-15(16)17/h6-9,13-14,19H,10-12H2,1-5H3. The number of aromatic nitrogens is 1. The molecule has 0 radical (unpaired) electrons. The van der Waals surface area contributed by atoms with E-state index in [2.05, 4.69) is 75.1 Å². The van der Waals surface area contributed by atoms with Gasteiger partial charge in [0, 0.05) is 24.1 Å². The fraction of sp³-hybridized carbons (Fsp3) is 0.556. The molecule has 2 heteroatoms.